The molecule has 0 unspecified atom stereocenters. The van der Waals surface area contributed by atoms with Gasteiger partial charge in [0.05, 0.1) is 24.9 Å². The fourth-order valence-corrected chi connectivity index (χ4v) is 3.67. The second-order valence-electron chi connectivity index (χ2n) is 7.25. The van der Waals surface area contributed by atoms with Crippen LogP contribution in [0.25, 0.3) is 10.9 Å². The van der Waals surface area contributed by atoms with Gasteiger partial charge in [-0.25, -0.2) is 4.39 Å². The predicted octanol–water partition coefficient (Wildman–Crippen LogP) is 2.60. The maximum Gasteiger partial charge on any atom is 0.253 e. The second kappa shape index (κ2) is 8.08. The summed E-state index contributed by atoms with van der Waals surface area (Å²) in [6, 6.07) is 9.55. The standard InChI is InChI=1S/C22H21FN4O3/c1-13-8-15-11-25-27(6-7-28)20(15)10-19(13)26-22(30)18-12-24-21(29)9-17(18)14-2-4-16(23)5-3-14/h2-5,8,10-12,17,28H,6-7,9H2,1H3,(H,24,29)(H,26,30)/t17-/m0/s1. The lowest BCUT2D eigenvalue weighted by Crippen LogP contribution is -2.32. The largest absolute Gasteiger partial charge is 0.394 e. The maximum atomic E-state index is 13.3. The minimum atomic E-state index is -0.469. The van der Waals surface area contributed by atoms with Gasteiger partial charge in [-0.15, -0.1) is 0 Å². The highest BCUT2D eigenvalue weighted by Gasteiger charge is 2.29. The molecule has 30 heavy (non-hydrogen) atoms. The van der Waals surface area contributed by atoms with Crippen molar-refractivity contribution in [3.05, 3.63) is 71.3 Å². The number of aliphatic hydroxyl groups excluding tert-OH is 1. The number of benzene rings is 2. The van der Waals surface area contributed by atoms with Crippen molar-refractivity contribution >= 4 is 28.4 Å². The van der Waals surface area contributed by atoms with Gasteiger partial charge in [0.25, 0.3) is 5.91 Å². The SMILES string of the molecule is Cc1cc2cnn(CCO)c2cc1NC(=O)C1=CNC(=O)C[C@H]1c1ccc(F)cc1. The molecule has 0 radical (unpaired) electrons. The topological polar surface area (TPSA) is 96.2 Å². The van der Waals surface area contributed by atoms with E-state index in [0.29, 0.717) is 23.4 Å². The van der Waals surface area contributed by atoms with Crippen LogP contribution in [0.2, 0.25) is 0 Å². The molecule has 2 aromatic carbocycles. The molecule has 0 saturated carbocycles. The van der Waals surface area contributed by atoms with Gasteiger partial charge in [-0.2, -0.15) is 5.10 Å². The van der Waals surface area contributed by atoms with Crippen molar-refractivity contribution in [2.45, 2.75) is 25.8 Å². The van der Waals surface area contributed by atoms with E-state index in [4.69, 9.17) is 0 Å². The van der Waals surface area contributed by atoms with Gasteiger partial charge in [-0.1, -0.05) is 12.1 Å². The van der Waals surface area contributed by atoms with Crippen molar-refractivity contribution in [3.8, 4) is 0 Å². The van der Waals surface area contributed by atoms with Crippen LogP contribution in [0, 0.1) is 12.7 Å². The van der Waals surface area contributed by atoms with Gasteiger partial charge in [0.2, 0.25) is 5.91 Å². The van der Waals surface area contributed by atoms with E-state index < -0.39 is 5.92 Å². The Balaban J connectivity index is 1.64. The Morgan fingerprint density at radius 3 is 2.83 bits per heavy atom. The van der Waals surface area contributed by atoms with E-state index in [2.05, 4.69) is 15.7 Å². The summed E-state index contributed by atoms with van der Waals surface area (Å²) in [5.74, 6) is -1.40. The van der Waals surface area contributed by atoms with Crippen molar-refractivity contribution in [1.29, 1.82) is 0 Å². The number of halogens is 1. The minimum Gasteiger partial charge on any atom is -0.394 e. The van der Waals surface area contributed by atoms with E-state index in [-0.39, 0.29) is 30.7 Å². The molecule has 4 rings (SSSR count). The van der Waals surface area contributed by atoms with Gasteiger partial charge in [0.1, 0.15) is 5.82 Å². The molecule has 7 nitrogen and oxygen atoms in total. The van der Waals surface area contributed by atoms with Crippen LogP contribution in [0.3, 0.4) is 0 Å². The third kappa shape index (κ3) is 3.81. The molecule has 0 fully saturated rings. The number of hydrogen-bond acceptors (Lipinski definition) is 4. The molecule has 1 aliphatic heterocycles. The van der Waals surface area contributed by atoms with Crippen LogP contribution in [-0.4, -0.2) is 33.3 Å². The van der Waals surface area contributed by atoms with Crippen LogP contribution in [-0.2, 0) is 16.1 Å². The molecule has 0 bridgehead atoms. The van der Waals surface area contributed by atoms with E-state index >= 15 is 0 Å². The van der Waals surface area contributed by atoms with E-state index in [9.17, 15) is 19.1 Å². The van der Waals surface area contributed by atoms with Crippen molar-refractivity contribution in [3.63, 3.8) is 0 Å². The van der Waals surface area contributed by atoms with Crippen LogP contribution < -0.4 is 10.6 Å². The van der Waals surface area contributed by atoms with Gasteiger partial charge in [-0.3, -0.25) is 14.3 Å². The van der Waals surface area contributed by atoms with Crippen molar-refractivity contribution in [2.75, 3.05) is 11.9 Å². The number of nitrogens with one attached hydrogen (secondary N) is 2. The number of nitrogens with zero attached hydrogens (tertiary/aromatic N) is 2. The Labute approximate surface area is 172 Å². The van der Waals surface area contributed by atoms with E-state index in [0.717, 1.165) is 16.5 Å². The zero-order valence-corrected chi connectivity index (χ0v) is 16.4. The second-order valence-corrected chi connectivity index (χ2v) is 7.25. The fourth-order valence-electron chi connectivity index (χ4n) is 3.67. The monoisotopic (exact) mass is 408 g/mol. The average molecular weight is 408 g/mol. The average Bonchev–Trinajstić information content (AvgIpc) is 3.10. The Bertz CT molecular complexity index is 1150. The Morgan fingerprint density at radius 2 is 2.10 bits per heavy atom. The predicted molar refractivity (Wildman–Crippen MR) is 110 cm³/mol. The van der Waals surface area contributed by atoms with Crippen molar-refractivity contribution in [1.82, 2.24) is 15.1 Å². The van der Waals surface area contributed by atoms with Crippen molar-refractivity contribution < 1.29 is 19.1 Å². The highest BCUT2D eigenvalue weighted by molar-refractivity contribution is 6.07. The highest BCUT2D eigenvalue weighted by Crippen LogP contribution is 2.32. The number of rotatable bonds is 5. The fraction of sp³-hybridized carbons (Fsp3) is 0.227. The Hall–Kier alpha value is -3.52. The third-order valence-electron chi connectivity index (χ3n) is 5.24. The van der Waals surface area contributed by atoms with Gasteiger partial charge in [0, 0.05) is 35.2 Å². The number of carbonyl (C=O) groups excluding carboxylic acids is 2. The number of fused-ring (bicyclic) bond motifs is 1. The van der Waals surface area contributed by atoms with Crippen LogP contribution >= 0.6 is 0 Å². The zero-order chi connectivity index (χ0) is 21.3. The van der Waals surface area contributed by atoms with Crippen LogP contribution in [0.4, 0.5) is 10.1 Å². The molecular weight excluding hydrogens is 387 g/mol. The molecule has 2 heterocycles. The lowest BCUT2D eigenvalue weighted by atomic mass is 9.86. The molecule has 1 aliphatic rings. The molecule has 1 aromatic heterocycles. The molecule has 2 amide bonds. The molecule has 0 saturated heterocycles. The number of aromatic nitrogens is 2. The third-order valence-corrected chi connectivity index (χ3v) is 5.24. The molecule has 3 N–H and O–H groups in total. The molecule has 0 spiro atoms. The van der Waals surface area contributed by atoms with Gasteiger partial charge in [0.15, 0.2) is 0 Å². The first kappa shape index (κ1) is 19.8. The molecule has 3 aromatic rings. The van der Waals surface area contributed by atoms with Crippen LogP contribution in [0.5, 0.6) is 0 Å². The number of aliphatic hydroxyl groups is 1. The van der Waals surface area contributed by atoms with Crippen LogP contribution in [0.15, 0.2) is 54.4 Å². The summed E-state index contributed by atoms with van der Waals surface area (Å²) in [4.78, 5) is 25.0. The molecule has 1 atom stereocenters. The Morgan fingerprint density at radius 1 is 1.33 bits per heavy atom. The van der Waals surface area contributed by atoms with E-state index in [1.54, 1.807) is 23.0 Å². The minimum absolute atomic E-state index is 0.0434. The smallest absolute Gasteiger partial charge is 0.253 e. The summed E-state index contributed by atoms with van der Waals surface area (Å²) in [7, 11) is 0. The maximum absolute atomic E-state index is 13.3. The summed E-state index contributed by atoms with van der Waals surface area (Å²) in [6.45, 7) is 2.19. The normalized spacial score (nSPS) is 16.3. The first-order valence-corrected chi connectivity index (χ1v) is 9.59. The number of aryl methyl sites for hydroxylation is 1. The number of hydrogen-bond donors (Lipinski definition) is 3. The number of anilines is 1. The summed E-state index contributed by atoms with van der Waals surface area (Å²) in [5.41, 5.74) is 3.36. The lowest BCUT2D eigenvalue weighted by molar-refractivity contribution is -0.121. The first-order valence-electron chi connectivity index (χ1n) is 9.59. The Kier molecular flexibility index (Phi) is 5.33. The van der Waals surface area contributed by atoms with Crippen LogP contribution in [0.1, 0.15) is 23.5 Å². The number of amides is 2. The number of carbonyl (C=O) groups is 2. The first-order chi connectivity index (χ1) is 14.5. The summed E-state index contributed by atoms with van der Waals surface area (Å²) >= 11 is 0. The molecule has 0 aliphatic carbocycles. The quantitative estimate of drug-likeness (QED) is 0.605. The van der Waals surface area contributed by atoms with Gasteiger partial charge >= 0.3 is 0 Å². The van der Waals surface area contributed by atoms with Gasteiger partial charge < -0.3 is 15.7 Å². The molecular formula is C22H21FN4O3. The highest BCUT2D eigenvalue weighted by atomic mass is 19.1. The summed E-state index contributed by atoms with van der Waals surface area (Å²) in [6.07, 6.45) is 3.23. The molecule has 8 heteroatoms. The summed E-state index contributed by atoms with van der Waals surface area (Å²) < 4.78 is 15.0. The summed E-state index contributed by atoms with van der Waals surface area (Å²) in [5, 5.41) is 19.9. The van der Waals surface area contributed by atoms with Gasteiger partial charge in [-0.05, 0) is 42.3 Å². The zero-order valence-electron chi connectivity index (χ0n) is 16.4. The van der Waals surface area contributed by atoms with E-state index in [1.807, 2.05) is 19.1 Å². The van der Waals surface area contributed by atoms with E-state index in [1.165, 1.54) is 18.3 Å². The van der Waals surface area contributed by atoms with Crippen molar-refractivity contribution in [2.24, 2.45) is 0 Å². The molecule has 154 valence electrons. The lowest BCUT2D eigenvalue weighted by Gasteiger charge is -2.24.